The van der Waals surface area contributed by atoms with Gasteiger partial charge in [0, 0.05) is 37.3 Å². The summed E-state index contributed by atoms with van der Waals surface area (Å²) in [6.45, 7) is 2.52. The second-order valence-corrected chi connectivity index (χ2v) is 4.61. The molecule has 0 amide bonds. The van der Waals surface area contributed by atoms with Crippen molar-refractivity contribution in [2.75, 3.05) is 26.8 Å². The molecule has 1 aliphatic heterocycles. The Balaban J connectivity index is 2.10. The van der Waals surface area contributed by atoms with Crippen molar-refractivity contribution in [2.24, 2.45) is 7.05 Å². The average molecular weight is 246 g/mol. The van der Waals surface area contributed by atoms with Crippen molar-refractivity contribution < 1.29 is 9.47 Å². The highest BCUT2D eigenvalue weighted by atomic mass is 16.5. The number of ether oxygens (including phenoxy) is 2. The van der Waals surface area contributed by atoms with E-state index in [1.165, 1.54) is 5.52 Å². The van der Waals surface area contributed by atoms with Gasteiger partial charge in [0.1, 0.15) is 5.75 Å². The first-order valence-electron chi connectivity index (χ1n) is 6.25. The molecular formula is C14H18N2O2. The predicted molar refractivity (Wildman–Crippen MR) is 71.0 cm³/mol. The Morgan fingerprint density at radius 3 is 3.00 bits per heavy atom. The summed E-state index contributed by atoms with van der Waals surface area (Å²) in [7, 11) is 3.77. The van der Waals surface area contributed by atoms with Crippen LogP contribution < -0.4 is 10.1 Å². The number of hydrogen-bond acceptors (Lipinski definition) is 3. The zero-order valence-corrected chi connectivity index (χ0v) is 10.8. The summed E-state index contributed by atoms with van der Waals surface area (Å²) in [5.41, 5.74) is 2.31. The normalized spacial score (nSPS) is 20.2. The van der Waals surface area contributed by atoms with E-state index in [0.717, 1.165) is 36.4 Å². The molecule has 1 aromatic carbocycles. The third kappa shape index (κ3) is 1.78. The number of rotatable bonds is 2. The minimum absolute atomic E-state index is 0.0818. The van der Waals surface area contributed by atoms with Crippen molar-refractivity contribution in [3.05, 3.63) is 30.0 Å². The Morgan fingerprint density at radius 1 is 1.39 bits per heavy atom. The number of aryl methyl sites for hydroxylation is 1. The predicted octanol–water partition coefficient (Wildman–Crippen LogP) is 1.85. The Hall–Kier alpha value is -1.52. The van der Waals surface area contributed by atoms with Crippen LogP contribution >= 0.6 is 0 Å². The van der Waals surface area contributed by atoms with Crippen molar-refractivity contribution in [1.82, 2.24) is 9.88 Å². The number of aromatic nitrogens is 1. The van der Waals surface area contributed by atoms with Gasteiger partial charge in [-0.05, 0) is 12.1 Å². The third-order valence-electron chi connectivity index (χ3n) is 3.53. The number of nitrogens with zero attached hydrogens (tertiary/aromatic N) is 1. The van der Waals surface area contributed by atoms with Gasteiger partial charge < -0.3 is 19.4 Å². The van der Waals surface area contributed by atoms with Crippen LogP contribution in [-0.4, -0.2) is 31.4 Å². The van der Waals surface area contributed by atoms with Crippen LogP contribution in [-0.2, 0) is 11.8 Å². The molecule has 3 rings (SSSR count). The number of benzene rings is 1. The van der Waals surface area contributed by atoms with Crippen LogP contribution in [0, 0.1) is 0 Å². The van der Waals surface area contributed by atoms with Crippen LogP contribution in [0.3, 0.4) is 0 Å². The van der Waals surface area contributed by atoms with Crippen molar-refractivity contribution in [3.63, 3.8) is 0 Å². The monoisotopic (exact) mass is 246 g/mol. The molecule has 0 bridgehead atoms. The number of nitrogens with one attached hydrogen (secondary N) is 1. The maximum absolute atomic E-state index is 5.81. The molecule has 2 heterocycles. The smallest absolute Gasteiger partial charge is 0.134 e. The number of fused-ring (bicyclic) bond motifs is 1. The third-order valence-corrected chi connectivity index (χ3v) is 3.53. The van der Waals surface area contributed by atoms with Crippen LogP contribution in [0.4, 0.5) is 0 Å². The Bertz CT molecular complexity index is 556. The molecule has 96 valence electrons. The number of hydrogen-bond donors (Lipinski definition) is 1. The van der Waals surface area contributed by atoms with E-state index in [1.807, 2.05) is 7.05 Å². The average Bonchev–Trinajstić information content (AvgIpc) is 2.80. The molecule has 1 saturated heterocycles. The zero-order chi connectivity index (χ0) is 12.5. The van der Waals surface area contributed by atoms with Gasteiger partial charge in [0.25, 0.3) is 0 Å². The van der Waals surface area contributed by atoms with E-state index in [0.29, 0.717) is 0 Å². The molecule has 0 aliphatic carbocycles. The van der Waals surface area contributed by atoms with Crippen molar-refractivity contribution >= 4 is 10.9 Å². The standard InChI is InChI=1S/C14H18N2O2/c1-16-7-5-10-12(16)4-3-11(14(10)17-2)13-9-15-6-8-18-13/h3-5,7,13,15H,6,8-9H2,1-2H3. The molecule has 1 N–H and O–H groups in total. The van der Waals surface area contributed by atoms with E-state index in [2.05, 4.69) is 34.3 Å². The molecule has 1 atom stereocenters. The second kappa shape index (κ2) is 4.63. The van der Waals surface area contributed by atoms with Crippen LogP contribution in [0.1, 0.15) is 11.7 Å². The van der Waals surface area contributed by atoms with Crippen LogP contribution in [0.2, 0.25) is 0 Å². The fourth-order valence-electron chi connectivity index (χ4n) is 2.59. The van der Waals surface area contributed by atoms with Crippen LogP contribution in [0.15, 0.2) is 24.4 Å². The van der Waals surface area contributed by atoms with Gasteiger partial charge in [-0.15, -0.1) is 0 Å². The first-order valence-corrected chi connectivity index (χ1v) is 6.25. The summed E-state index contributed by atoms with van der Waals surface area (Å²) in [5, 5.41) is 4.50. The zero-order valence-electron chi connectivity index (χ0n) is 10.8. The number of morpholine rings is 1. The first kappa shape index (κ1) is 11.6. The SMILES string of the molecule is COc1c(C2CNCCO2)ccc2c1ccn2C. The minimum atomic E-state index is 0.0818. The van der Waals surface area contributed by atoms with Crippen molar-refractivity contribution in [2.45, 2.75) is 6.10 Å². The summed E-state index contributed by atoms with van der Waals surface area (Å²) in [4.78, 5) is 0. The molecule has 0 saturated carbocycles. The molecule has 2 aromatic rings. The van der Waals surface area contributed by atoms with E-state index >= 15 is 0 Å². The molecule has 4 nitrogen and oxygen atoms in total. The van der Waals surface area contributed by atoms with E-state index in [1.54, 1.807) is 7.11 Å². The summed E-state index contributed by atoms with van der Waals surface area (Å²) in [6.07, 6.45) is 2.13. The minimum Gasteiger partial charge on any atom is -0.496 e. The lowest BCUT2D eigenvalue weighted by molar-refractivity contribution is 0.0264. The Labute approximate surface area is 106 Å². The van der Waals surface area contributed by atoms with Crippen LogP contribution in [0.25, 0.3) is 10.9 Å². The molecule has 1 fully saturated rings. The molecule has 0 spiro atoms. The van der Waals surface area contributed by atoms with Gasteiger partial charge in [-0.2, -0.15) is 0 Å². The Kier molecular flexibility index (Phi) is 2.97. The lowest BCUT2D eigenvalue weighted by atomic mass is 10.0. The molecule has 1 aliphatic rings. The fourth-order valence-corrected chi connectivity index (χ4v) is 2.59. The second-order valence-electron chi connectivity index (χ2n) is 4.61. The number of methoxy groups -OCH3 is 1. The van der Waals surface area contributed by atoms with Crippen molar-refractivity contribution in [3.8, 4) is 5.75 Å². The highest BCUT2D eigenvalue weighted by molar-refractivity contribution is 5.88. The van der Waals surface area contributed by atoms with Crippen LogP contribution in [0.5, 0.6) is 5.75 Å². The summed E-state index contributed by atoms with van der Waals surface area (Å²) >= 11 is 0. The van der Waals surface area contributed by atoms with Gasteiger partial charge >= 0.3 is 0 Å². The van der Waals surface area contributed by atoms with E-state index in [-0.39, 0.29) is 6.10 Å². The molecule has 0 radical (unpaired) electrons. The van der Waals surface area contributed by atoms with Gasteiger partial charge in [0.15, 0.2) is 0 Å². The Morgan fingerprint density at radius 2 is 2.28 bits per heavy atom. The molecule has 4 heteroatoms. The maximum Gasteiger partial charge on any atom is 0.134 e. The molecule has 1 aromatic heterocycles. The topological polar surface area (TPSA) is 35.4 Å². The first-order chi connectivity index (χ1) is 8.81. The summed E-state index contributed by atoms with van der Waals surface area (Å²) < 4.78 is 13.5. The summed E-state index contributed by atoms with van der Waals surface area (Å²) in [5.74, 6) is 0.932. The lowest BCUT2D eigenvalue weighted by Crippen LogP contribution is -2.33. The maximum atomic E-state index is 5.81. The van der Waals surface area contributed by atoms with E-state index in [4.69, 9.17) is 9.47 Å². The van der Waals surface area contributed by atoms with Gasteiger partial charge in [0.05, 0.1) is 25.3 Å². The van der Waals surface area contributed by atoms with E-state index < -0.39 is 0 Å². The van der Waals surface area contributed by atoms with Gasteiger partial charge in [-0.3, -0.25) is 0 Å². The highest BCUT2D eigenvalue weighted by Crippen LogP contribution is 2.35. The summed E-state index contributed by atoms with van der Waals surface area (Å²) in [6, 6.07) is 6.33. The fraction of sp³-hybridized carbons (Fsp3) is 0.429. The van der Waals surface area contributed by atoms with E-state index in [9.17, 15) is 0 Å². The van der Waals surface area contributed by atoms with Crippen molar-refractivity contribution in [1.29, 1.82) is 0 Å². The van der Waals surface area contributed by atoms with Gasteiger partial charge in [0.2, 0.25) is 0 Å². The quantitative estimate of drug-likeness (QED) is 0.878. The lowest BCUT2D eigenvalue weighted by Gasteiger charge is -2.25. The largest absolute Gasteiger partial charge is 0.496 e. The van der Waals surface area contributed by atoms with Gasteiger partial charge in [-0.25, -0.2) is 0 Å². The molecule has 1 unspecified atom stereocenters. The molecular weight excluding hydrogens is 228 g/mol. The highest BCUT2D eigenvalue weighted by Gasteiger charge is 2.21. The van der Waals surface area contributed by atoms with Gasteiger partial charge in [-0.1, -0.05) is 6.07 Å². The molecule has 18 heavy (non-hydrogen) atoms.